The Hall–Kier alpha value is -0.830. The van der Waals surface area contributed by atoms with Crippen LogP contribution in [-0.4, -0.2) is 19.1 Å². The molecule has 114 valence electrons. The number of methoxy groups -OCH3 is 1. The van der Waals surface area contributed by atoms with E-state index in [4.69, 9.17) is 5.73 Å². The van der Waals surface area contributed by atoms with Crippen molar-refractivity contribution in [2.45, 2.75) is 58.4 Å². The Balaban J connectivity index is 1.67. The topological polar surface area (TPSA) is 52.3 Å². The van der Waals surface area contributed by atoms with Gasteiger partial charge in [0.2, 0.25) is 0 Å². The number of ether oxygens (including phenoxy) is 1. The van der Waals surface area contributed by atoms with E-state index in [1.165, 1.54) is 20.0 Å². The van der Waals surface area contributed by atoms with Crippen molar-refractivity contribution in [2.75, 3.05) is 7.11 Å². The van der Waals surface area contributed by atoms with E-state index in [0.29, 0.717) is 23.8 Å². The molecule has 0 heterocycles. The molecular formula is C17H29NO2. The highest BCUT2D eigenvalue weighted by atomic mass is 16.5. The molecule has 0 aromatic rings. The van der Waals surface area contributed by atoms with E-state index in [1.807, 2.05) is 0 Å². The third-order valence-corrected chi connectivity index (χ3v) is 5.73. The van der Waals surface area contributed by atoms with Crippen LogP contribution in [0.5, 0.6) is 0 Å². The van der Waals surface area contributed by atoms with Gasteiger partial charge in [-0.1, -0.05) is 26.0 Å². The van der Waals surface area contributed by atoms with Gasteiger partial charge in [-0.15, -0.1) is 0 Å². The number of allylic oxidation sites excluding steroid dienone is 2. The SMILES string of the molecule is COC(=O)CCCC=CC[C@H]1C[C@H]2C[C@@H](C1N)C2(C)C. The Bertz CT molecular complexity index is 375. The first-order valence-corrected chi connectivity index (χ1v) is 7.94. The predicted molar refractivity (Wildman–Crippen MR) is 81.1 cm³/mol. The fourth-order valence-corrected chi connectivity index (χ4v) is 4.07. The lowest BCUT2D eigenvalue weighted by atomic mass is 9.45. The van der Waals surface area contributed by atoms with Gasteiger partial charge in [-0.25, -0.2) is 0 Å². The van der Waals surface area contributed by atoms with E-state index < -0.39 is 0 Å². The van der Waals surface area contributed by atoms with Crippen LogP contribution in [-0.2, 0) is 9.53 Å². The van der Waals surface area contributed by atoms with Crippen LogP contribution in [0.4, 0.5) is 0 Å². The average molecular weight is 279 g/mol. The highest BCUT2D eigenvalue weighted by Gasteiger charge is 2.56. The van der Waals surface area contributed by atoms with Crippen LogP contribution < -0.4 is 5.73 Å². The molecule has 3 aliphatic rings. The van der Waals surface area contributed by atoms with Gasteiger partial charge in [0, 0.05) is 12.5 Å². The zero-order chi connectivity index (χ0) is 14.8. The third-order valence-electron chi connectivity index (χ3n) is 5.73. The van der Waals surface area contributed by atoms with Crippen molar-refractivity contribution in [3.63, 3.8) is 0 Å². The second-order valence-electron chi connectivity index (χ2n) is 7.11. The van der Waals surface area contributed by atoms with Gasteiger partial charge in [0.25, 0.3) is 0 Å². The molecule has 2 N–H and O–H groups in total. The molecule has 3 saturated carbocycles. The summed E-state index contributed by atoms with van der Waals surface area (Å²) in [6.45, 7) is 4.76. The average Bonchev–Trinajstić information content (AvgIpc) is 2.43. The molecule has 0 aliphatic heterocycles. The molecule has 0 aromatic carbocycles. The highest BCUT2D eigenvalue weighted by molar-refractivity contribution is 5.69. The van der Waals surface area contributed by atoms with E-state index in [9.17, 15) is 4.79 Å². The van der Waals surface area contributed by atoms with Crippen molar-refractivity contribution in [3.05, 3.63) is 12.2 Å². The number of unbranched alkanes of at least 4 members (excludes halogenated alkanes) is 1. The lowest BCUT2D eigenvalue weighted by Gasteiger charge is -2.61. The normalized spacial score (nSPS) is 34.8. The minimum atomic E-state index is -0.116. The fourth-order valence-electron chi connectivity index (χ4n) is 4.07. The summed E-state index contributed by atoms with van der Waals surface area (Å²) in [5, 5.41) is 0. The van der Waals surface area contributed by atoms with Crippen molar-refractivity contribution in [3.8, 4) is 0 Å². The van der Waals surface area contributed by atoms with Crippen molar-refractivity contribution in [1.82, 2.24) is 0 Å². The van der Waals surface area contributed by atoms with Crippen LogP contribution in [0.2, 0.25) is 0 Å². The molecule has 20 heavy (non-hydrogen) atoms. The highest BCUT2D eigenvalue weighted by Crippen LogP contribution is 2.60. The lowest BCUT2D eigenvalue weighted by Crippen LogP contribution is -2.61. The summed E-state index contributed by atoms with van der Waals surface area (Å²) < 4.78 is 4.62. The van der Waals surface area contributed by atoms with Gasteiger partial charge in [0.05, 0.1) is 7.11 Å². The number of carbonyl (C=O) groups excluding carboxylic acids is 1. The molecule has 3 aliphatic carbocycles. The molecule has 0 aromatic heterocycles. The molecule has 0 spiro atoms. The molecule has 4 atom stereocenters. The summed E-state index contributed by atoms with van der Waals surface area (Å²) in [5.41, 5.74) is 6.91. The number of carbonyl (C=O) groups is 1. The predicted octanol–water partition coefficient (Wildman–Crippen LogP) is 3.29. The zero-order valence-electron chi connectivity index (χ0n) is 13.1. The molecule has 0 saturated heterocycles. The molecular weight excluding hydrogens is 250 g/mol. The second-order valence-corrected chi connectivity index (χ2v) is 7.11. The minimum Gasteiger partial charge on any atom is -0.469 e. The molecule has 0 amide bonds. The standard InChI is InChI=1S/C17H29NO2/c1-17(2)13-10-12(16(18)14(17)11-13)8-6-4-5-7-9-15(19)20-3/h4,6,12-14,16H,5,7-11,18H2,1-3H3/t12-,13-,14-,16?/m0/s1. The summed E-state index contributed by atoms with van der Waals surface area (Å²) in [7, 11) is 1.44. The van der Waals surface area contributed by atoms with Crippen LogP contribution in [0.3, 0.4) is 0 Å². The number of nitrogens with two attached hydrogens (primary N) is 1. The number of esters is 1. The van der Waals surface area contributed by atoms with Crippen LogP contribution >= 0.6 is 0 Å². The van der Waals surface area contributed by atoms with Gasteiger partial charge < -0.3 is 10.5 Å². The van der Waals surface area contributed by atoms with Crippen molar-refractivity contribution in [1.29, 1.82) is 0 Å². The minimum absolute atomic E-state index is 0.116. The maximum absolute atomic E-state index is 11.0. The number of rotatable bonds is 6. The van der Waals surface area contributed by atoms with Gasteiger partial charge >= 0.3 is 5.97 Å². The molecule has 3 heteroatoms. The first-order valence-electron chi connectivity index (χ1n) is 7.94. The second kappa shape index (κ2) is 6.30. The summed E-state index contributed by atoms with van der Waals surface area (Å²) in [5.74, 6) is 2.14. The maximum Gasteiger partial charge on any atom is 0.305 e. The summed E-state index contributed by atoms with van der Waals surface area (Å²) in [6, 6.07) is 0.370. The Morgan fingerprint density at radius 3 is 2.70 bits per heavy atom. The van der Waals surface area contributed by atoms with E-state index in [1.54, 1.807) is 0 Å². The van der Waals surface area contributed by atoms with Gasteiger partial charge in [0.15, 0.2) is 0 Å². The van der Waals surface area contributed by atoms with Crippen molar-refractivity contribution < 1.29 is 9.53 Å². The van der Waals surface area contributed by atoms with E-state index >= 15 is 0 Å². The Morgan fingerprint density at radius 1 is 1.35 bits per heavy atom. The van der Waals surface area contributed by atoms with E-state index in [0.717, 1.165) is 31.1 Å². The van der Waals surface area contributed by atoms with Gasteiger partial charge in [-0.05, 0) is 55.3 Å². The Morgan fingerprint density at radius 2 is 2.10 bits per heavy atom. The molecule has 2 bridgehead atoms. The van der Waals surface area contributed by atoms with Gasteiger partial charge in [-0.3, -0.25) is 4.79 Å². The molecule has 3 nitrogen and oxygen atoms in total. The van der Waals surface area contributed by atoms with Crippen LogP contribution in [0.25, 0.3) is 0 Å². The molecule has 0 radical (unpaired) electrons. The van der Waals surface area contributed by atoms with Crippen molar-refractivity contribution in [2.24, 2.45) is 28.9 Å². The van der Waals surface area contributed by atoms with Gasteiger partial charge in [-0.2, -0.15) is 0 Å². The largest absolute Gasteiger partial charge is 0.469 e. The van der Waals surface area contributed by atoms with Crippen LogP contribution in [0.1, 0.15) is 52.4 Å². The van der Waals surface area contributed by atoms with Crippen molar-refractivity contribution >= 4 is 5.97 Å². The maximum atomic E-state index is 11.0. The summed E-state index contributed by atoms with van der Waals surface area (Å²) >= 11 is 0. The summed E-state index contributed by atoms with van der Waals surface area (Å²) in [4.78, 5) is 11.0. The first kappa shape index (κ1) is 15.6. The Kier molecular flexibility index (Phi) is 4.90. The molecule has 1 unspecified atom stereocenters. The molecule has 3 fully saturated rings. The molecule has 3 rings (SSSR count). The van der Waals surface area contributed by atoms with Gasteiger partial charge in [0.1, 0.15) is 0 Å². The van der Waals surface area contributed by atoms with Crippen LogP contribution in [0.15, 0.2) is 12.2 Å². The van der Waals surface area contributed by atoms with E-state index in [-0.39, 0.29) is 5.97 Å². The monoisotopic (exact) mass is 279 g/mol. The number of hydrogen-bond acceptors (Lipinski definition) is 3. The fraction of sp³-hybridized carbons (Fsp3) is 0.824. The quantitative estimate of drug-likeness (QED) is 0.461. The summed E-state index contributed by atoms with van der Waals surface area (Å²) in [6.07, 6.45) is 10.5. The first-order chi connectivity index (χ1) is 9.46. The number of fused-ring (bicyclic) bond motifs is 2. The third kappa shape index (κ3) is 3.08. The smallest absolute Gasteiger partial charge is 0.305 e. The van der Waals surface area contributed by atoms with E-state index in [2.05, 4.69) is 30.7 Å². The zero-order valence-corrected chi connectivity index (χ0v) is 13.1. The Labute approximate surface area is 122 Å². The number of hydrogen-bond donors (Lipinski definition) is 1. The lowest BCUT2D eigenvalue weighted by molar-refractivity contribution is -0.140. The van der Waals surface area contributed by atoms with Crippen LogP contribution in [0, 0.1) is 23.2 Å².